The van der Waals surface area contributed by atoms with Crippen molar-refractivity contribution in [1.29, 1.82) is 0 Å². The Labute approximate surface area is 195 Å². The molecule has 11 heteroatoms. The zero-order valence-electron chi connectivity index (χ0n) is 18.9. The molecule has 0 aromatic heterocycles. The van der Waals surface area contributed by atoms with Crippen LogP contribution in [0.25, 0.3) is 0 Å². The van der Waals surface area contributed by atoms with E-state index in [2.05, 4.69) is 25.4 Å². The molecule has 0 aliphatic heterocycles. The molecule has 0 bridgehead atoms. The Balaban J connectivity index is 1.77. The number of ether oxygens (including phenoxy) is 2. The highest BCUT2D eigenvalue weighted by molar-refractivity contribution is 5.83. The summed E-state index contributed by atoms with van der Waals surface area (Å²) >= 11 is 0. The highest BCUT2D eigenvalue weighted by Gasteiger charge is 2.31. The number of rotatable bonds is 11. The molecule has 0 radical (unpaired) electrons. The van der Waals surface area contributed by atoms with Gasteiger partial charge in [0.15, 0.2) is 0 Å². The molecule has 186 valence electrons. The number of halogens is 3. The van der Waals surface area contributed by atoms with E-state index < -0.39 is 18.4 Å². The van der Waals surface area contributed by atoms with Gasteiger partial charge in [0, 0.05) is 13.1 Å². The van der Waals surface area contributed by atoms with Crippen LogP contribution in [0.3, 0.4) is 0 Å². The topological polar surface area (TPSA) is 106 Å². The Hall–Kier alpha value is -3.34. The minimum atomic E-state index is -4.78. The fraction of sp³-hybridized carbons (Fsp3) is 0.435. The summed E-state index contributed by atoms with van der Waals surface area (Å²) in [6.45, 7) is 0.557. The smallest absolute Gasteiger partial charge is 0.469 e. The first-order valence-corrected chi connectivity index (χ1v) is 10.7. The SMILES string of the molecule is CNC(C(=O)NCCC1=CCC(C(=O)NCCC(=O)OC)C=C1)c1ccc(OC(F)(F)F)cc1. The molecule has 2 atom stereocenters. The molecule has 34 heavy (non-hydrogen) atoms. The number of allylic oxidation sites excluding steroid dienone is 2. The van der Waals surface area contributed by atoms with Crippen LogP contribution in [0.2, 0.25) is 0 Å². The molecule has 1 aliphatic carbocycles. The lowest BCUT2D eigenvalue weighted by atomic mass is 9.94. The van der Waals surface area contributed by atoms with E-state index in [1.54, 1.807) is 13.1 Å². The lowest BCUT2D eigenvalue weighted by Gasteiger charge is -2.18. The zero-order valence-corrected chi connectivity index (χ0v) is 18.9. The minimum Gasteiger partial charge on any atom is -0.469 e. The molecular formula is C23H28F3N3O5. The van der Waals surface area contributed by atoms with Crippen LogP contribution in [-0.4, -0.2) is 51.4 Å². The van der Waals surface area contributed by atoms with Gasteiger partial charge >= 0.3 is 12.3 Å². The van der Waals surface area contributed by atoms with Gasteiger partial charge in [-0.2, -0.15) is 0 Å². The third kappa shape index (κ3) is 8.89. The quantitative estimate of drug-likeness (QED) is 0.418. The Kier molecular flexibility index (Phi) is 10.1. The van der Waals surface area contributed by atoms with Crippen LogP contribution in [0.5, 0.6) is 5.75 Å². The van der Waals surface area contributed by atoms with Crippen molar-refractivity contribution in [2.24, 2.45) is 5.92 Å². The molecule has 0 saturated carbocycles. The Morgan fingerprint density at radius 2 is 1.82 bits per heavy atom. The monoisotopic (exact) mass is 483 g/mol. The van der Waals surface area contributed by atoms with Crippen molar-refractivity contribution in [2.75, 3.05) is 27.2 Å². The zero-order chi connectivity index (χ0) is 25.1. The second-order valence-electron chi connectivity index (χ2n) is 7.48. The highest BCUT2D eigenvalue weighted by atomic mass is 19.4. The van der Waals surface area contributed by atoms with Crippen molar-refractivity contribution < 1.29 is 37.0 Å². The summed E-state index contributed by atoms with van der Waals surface area (Å²) in [6.07, 6.45) is 1.92. The van der Waals surface area contributed by atoms with Crippen molar-refractivity contribution in [1.82, 2.24) is 16.0 Å². The second-order valence-corrected chi connectivity index (χ2v) is 7.48. The molecule has 0 spiro atoms. The van der Waals surface area contributed by atoms with Crippen molar-refractivity contribution >= 4 is 17.8 Å². The van der Waals surface area contributed by atoms with Crippen LogP contribution in [-0.2, 0) is 19.1 Å². The fourth-order valence-corrected chi connectivity index (χ4v) is 3.31. The van der Waals surface area contributed by atoms with Gasteiger partial charge in [0.1, 0.15) is 11.8 Å². The first-order chi connectivity index (χ1) is 16.1. The molecule has 1 aromatic carbocycles. The van der Waals surface area contributed by atoms with Gasteiger partial charge in [-0.15, -0.1) is 13.2 Å². The molecule has 0 fully saturated rings. The van der Waals surface area contributed by atoms with E-state index >= 15 is 0 Å². The van der Waals surface area contributed by atoms with Gasteiger partial charge in [0.25, 0.3) is 0 Å². The maximum absolute atomic E-state index is 12.5. The van der Waals surface area contributed by atoms with Crippen LogP contribution in [0, 0.1) is 5.92 Å². The average molecular weight is 483 g/mol. The molecule has 2 amide bonds. The number of likely N-dealkylation sites (N-methyl/N-ethyl adjacent to an activating group) is 1. The van der Waals surface area contributed by atoms with Gasteiger partial charge < -0.3 is 25.4 Å². The Morgan fingerprint density at radius 1 is 1.12 bits per heavy atom. The average Bonchev–Trinajstić information content (AvgIpc) is 2.80. The fourth-order valence-electron chi connectivity index (χ4n) is 3.31. The van der Waals surface area contributed by atoms with Crippen molar-refractivity contribution in [2.45, 2.75) is 31.7 Å². The number of methoxy groups -OCH3 is 1. The standard InChI is InChI=1S/C23H28F3N3O5/c1-27-20(16-7-9-18(10-8-16)34-23(24,25)26)22(32)29-13-11-15-3-5-17(6-4-15)21(31)28-14-12-19(30)33-2/h3-5,7-10,17,20,27H,6,11-14H2,1-2H3,(H,28,31)(H,29,32). The van der Waals surface area contributed by atoms with Crippen LogP contribution in [0.4, 0.5) is 13.2 Å². The van der Waals surface area contributed by atoms with Crippen LogP contribution >= 0.6 is 0 Å². The molecule has 2 rings (SSSR count). The number of amides is 2. The number of hydrogen-bond acceptors (Lipinski definition) is 6. The number of hydrogen-bond donors (Lipinski definition) is 3. The number of nitrogens with one attached hydrogen (secondary N) is 3. The van der Waals surface area contributed by atoms with E-state index in [4.69, 9.17) is 0 Å². The highest BCUT2D eigenvalue weighted by Crippen LogP contribution is 2.24. The van der Waals surface area contributed by atoms with Crippen LogP contribution in [0.1, 0.15) is 30.9 Å². The molecule has 0 heterocycles. The van der Waals surface area contributed by atoms with Crippen LogP contribution < -0.4 is 20.7 Å². The Morgan fingerprint density at radius 3 is 2.38 bits per heavy atom. The number of alkyl halides is 3. The first-order valence-electron chi connectivity index (χ1n) is 10.7. The third-order valence-electron chi connectivity index (χ3n) is 5.08. The van der Waals surface area contributed by atoms with Gasteiger partial charge in [0.05, 0.1) is 19.4 Å². The molecule has 2 unspecified atom stereocenters. The summed E-state index contributed by atoms with van der Waals surface area (Å²) in [7, 11) is 2.86. The number of carbonyl (C=O) groups is 3. The van der Waals surface area contributed by atoms with Crippen molar-refractivity contribution in [3.05, 3.63) is 53.6 Å². The van der Waals surface area contributed by atoms with E-state index in [0.29, 0.717) is 24.9 Å². The maximum atomic E-state index is 12.5. The summed E-state index contributed by atoms with van der Waals surface area (Å²) in [4.78, 5) is 35.8. The van der Waals surface area contributed by atoms with E-state index in [1.807, 2.05) is 12.2 Å². The summed E-state index contributed by atoms with van der Waals surface area (Å²) in [5.41, 5.74) is 1.46. The lowest BCUT2D eigenvalue weighted by molar-refractivity contribution is -0.274. The molecular weight excluding hydrogens is 455 g/mol. The van der Waals surface area contributed by atoms with Gasteiger partial charge in [-0.3, -0.25) is 14.4 Å². The van der Waals surface area contributed by atoms with Gasteiger partial charge in [-0.1, -0.05) is 35.9 Å². The first kappa shape index (κ1) is 26.9. The van der Waals surface area contributed by atoms with Gasteiger partial charge in [0.2, 0.25) is 11.8 Å². The largest absolute Gasteiger partial charge is 0.573 e. The normalized spacial score (nSPS) is 16.3. The number of esters is 1. The molecule has 0 saturated heterocycles. The van der Waals surface area contributed by atoms with E-state index in [0.717, 1.165) is 17.7 Å². The minimum absolute atomic E-state index is 0.110. The molecule has 3 N–H and O–H groups in total. The maximum Gasteiger partial charge on any atom is 0.573 e. The van der Waals surface area contributed by atoms with E-state index in [1.165, 1.54) is 19.2 Å². The molecule has 1 aliphatic rings. The third-order valence-corrected chi connectivity index (χ3v) is 5.08. The van der Waals surface area contributed by atoms with Crippen LogP contribution in [0.15, 0.2) is 48.1 Å². The van der Waals surface area contributed by atoms with Gasteiger partial charge in [-0.05, 0) is 37.6 Å². The van der Waals surface area contributed by atoms with Crippen molar-refractivity contribution in [3.8, 4) is 5.75 Å². The van der Waals surface area contributed by atoms with E-state index in [9.17, 15) is 27.6 Å². The van der Waals surface area contributed by atoms with E-state index in [-0.39, 0.29) is 36.4 Å². The summed E-state index contributed by atoms with van der Waals surface area (Å²) < 4.78 is 45.2. The second kappa shape index (κ2) is 12.8. The number of benzene rings is 1. The summed E-state index contributed by atoms with van der Waals surface area (Å²) in [6, 6.07) is 4.35. The molecule has 8 nitrogen and oxygen atoms in total. The summed E-state index contributed by atoms with van der Waals surface area (Å²) in [5.74, 6) is -1.58. The molecule has 1 aromatic rings. The number of carbonyl (C=O) groups excluding carboxylic acids is 3. The summed E-state index contributed by atoms with van der Waals surface area (Å²) in [5, 5.41) is 8.33. The van der Waals surface area contributed by atoms with Crippen molar-refractivity contribution in [3.63, 3.8) is 0 Å². The Bertz CT molecular complexity index is 913. The predicted molar refractivity (Wildman–Crippen MR) is 118 cm³/mol. The predicted octanol–water partition coefficient (Wildman–Crippen LogP) is 2.53. The van der Waals surface area contributed by atoms with Gasteiger partial charge in [-0.25, -0.2) is 0 Å². The lowest BCUT2D eigenvalue weighted by Crippen LogP contribution is -2.36.